The number of piperazine rings is 1. The van der Waals surface area contributed by atoms with Crippen molar-refractivity contribution in [2.75, 3.05) is 44.7 Å². The minimum absolute atomic E-state index is 0.129. The number of rotatable bonds is 8. The summed E-state index contributed by atoms with van der Waals surface area (Å²) in [7, 11) is 1.62. The van der Waals surface area contributed by atoms with Gasteiger partial charge in [-0.25, -0.2) is 5.43 Å². The predicted octanol–water partition coefficient (Wildman–Crippen LogP) is 2.53. The van der Waals surface area contributed by atoms with Gasteiger partial charge in [-0.15, -0.1) is 0 Å². The summed E-state index contributed by atoms with van der Waals surface area (Å²) >= 11 is 6.09. The summed E-state index contributed by atoms with van der Waals surface area (Å²) in [5.74, 6) is 1.33. The predicted molar refractivity (Wildman–Crippen MR) is 107 cm³/mol. The molecule has 7 heteroatoms. The lowest BCUT2D eigenvalue weighted by atomic mass is 10.0. The largest absolute Gasteiger partial charge is 0.495 e. The van der Waals surface area contributed by atoms with Crippen molar-refractivity contribution in [2.24, 2.45) is 5.92 Å². The van der Waals surface area contributed by atoms with E-state index >= 15 is 0 Å². The Morgan fingerprint density at radius 2 is 1.96 bits per heavy atom. The van der Waals surface area contributed by atoms with Gasteiger partial charge in [0, 0.05) is 44.0 Å². The number of amides is 1. The molecule has 2 rings (SSSR count). The molecule has 0 aliphatic carbocycles. The third-order valence-electron chi connectivity index (χ3n) is 4.90. The Kier molecular flexibility index (Phi) is 8.00. The second-order valence-corrected chi connectivity index (χ2v) is 7.35. The molecule has 1 fully saturated rings. The summed E-state index contributed by atoms with van der Waals surface area (Å²) in [6.45, 7) is 9.84. The Bertz CT molecular complexity index is 589. The molecule has 1 saturated heterocycles. The highest BCUT2D eigenvalue weighted by atomic mass is 35.5. The fraction of sp³-hybridized carbons (Fsp3) is 0.632. The average Bonchev–Trinajstić information content (AvgIpc) is 2.65. The van der Waals surface area contributed by atoms with E-state index in [0.717, 1.165) is 25.2 Å². The van der Waals surface area contributed by atoms with Crippen LogP contribution in [0.15, 0.2) is 18.2 Å². The number of anilines is 1. The smallest absolute Gasteiger partial charge is 0.238 e. The zero-order chi connectivity index (χ0) is 19.1. The Balaban J connectivity index is 1.79. The van der Waals surface area contributed by atoms with Gasteiger partial charge in [0.15, 0.2) is 0 Å². The number of hydrazine groups is 1. The van der Waals surface area contributed by atoms with Gasteiger partial charge in [0.05, 0.1) is 18.7 Å². The monoisotopic (exact) mass is 382 g/mol. The van der Waals surface area contributed by atoms with E-state index in [2.05, 4.69) is 36.5 Å². The third kappa shape index (κ3) is 5.50. The molecule has 0 aromatic heterocycles. The Morgan fingerprint density at radius 1 is 1.27 bits per heavy atom. The first kappa shape index (κ1) is 20.8. The van der Waals surface area contributed by atoms with Crippen molar-refractivity contribution in [1.29, 1.82) is 0 Å². The molecule has 1 aromatic carbocycles. The number of carbonyl (C=O) groups is 1. The van der Waals surface area contributed by atoms with E-state index in [4.69, 9.17) is 16.3 Å². The zero-order valence-electron chi connectivity index (χ0n) is 16.2. The van der Waals surface area contributed by atoms with Gasteiger partial charge in [0.1, 0.15) is 5.75 Å². The molecule has 0 bridgehead atoms. The summed E-state index contributed by atoms with van der Waals surface area (Å²) in [6, 6.07) is 6.16. The van der Waals surface area contributed by atoms with Gasteiger partial charge in [0.2, 0.25) is 5.91 Å². The van der Waals surface area contributed by atoms with E-state index in [0.29, 0.717) is 42.4 Å². The van der Waals surface area contributed by atoms with Gasteiger partial charge in [-0.1, -0.05) is 32.4 Å². The lowest BCUT2D eigenvalue weighted by molar-refractivity contribution is -0.130. The molecule has 1 aliphatic rings. The standard InChI is InChI=1S/C19H31ClN4O2/c1-5-17(14(2)3)22-21-13-19(25)24-10-8-23(9-11-24)15-6-7-16(20)18(12-15)26-4/h6-7,12,14,17,21-22H,5,8-11,13H2,1-4H3. The number of methoxy groups -OCH3 is 1. The molecule has 1 amide bonds. The minimum Gasteiger partial charge on any atom is -0.495 e. The van der Waals surface area contributed by atoms with Crippen LogP contribution in [0.4, 0.5) is 5.69 Å². The van der Waals surface area contributed by atoms with Crippen LogP contribution in [0.2, 0.25) is 5.02 Å². The summed E-state index contributed by atoms with van der Waals surface area (Å²) in [6.07, 6.45) is 1.03. The van der Waals surface area contributed by atoms with E-state index in [-0.39, 0.29) is 5.91 Å². The maximum absolute atomic E-state index is 12.4. The number of nitrogens with one attached hydrogen (secondary N) is 2. The molecule has 0 radical (unpaired) electrons. The number of nitrogens with zero attached hydrogens (tertiary/aromatic N) is 2. The number of halogens is 1. The van der Waals surface area contributed by atoms with E-state index in [1.54, 1.807) is 7.11 Å². The molecule has 6 nitrogen and oxygen atoms in total. The molecule has 1 unspecified atom stereocenters. The summed E-state index contributed by atoms with van der Waals surface area (Å²) in [5, 5.41) is 0.607. The van der Waals surface area contributed by atoms with Crippen LogP contribution in [0.1, 0.15) is 27.2 Å². The van der Waals surface area contributed by atoms with Crippen LogP contribution in [0, 0.1) is 5.92 Å². The maximum Gasteiger partial charge on any atom is 0.238 e. The molecule has 26 heavy (non-hydrogen) atoms. The van der Waals surface area contributed by atoms with Crippen molar-refractivity contribution in [3.05, 3.63) is 23.2 Å². The van der Waals surface area contributed by atoms with Crippen molar-refractivity contribution in [2.45, 2.75) is 33.2 Å². The van der Waals surface area contributed by atoms with Crippen molar-refractivity contribution in [3.63, 3.8) is 0 Å². The van der Waals surface area contributed by atoms with E-state index in [9.17, 15) is 4.79 Å². The number of carbonyl (C=O) groups excluding carboxylic acids is 1. The van der Waals surface area contributed by atoms with Crippen LogP contribution >= 0.6 is 11.6 Å². The number of ether oxygens (including phenoxy) is 1. The topological polar surface area (TPSA) is 56.8 Å². The van der Waals surface area contributed by atoms with Crippen molar-refractivity contribution >= 4 is 23.2 Å². The van der Waals surface area contributed by atoms with Gasteiger partial charge in [-0.3, -0.25) is 10.2 Å². The third-order valence-corrected chi connectivity index (χ3v) is 5.22. The number of benzene rings is 1. The van der Waals surface area contributed by atoms with Crippen LogP contribution in [0.3, 0.4) is 0 Å². The van der Waals surface area contributed by atoms with Gasteiger partial charge in [-0.2, -0.15) is 0 Å². The molecule has 1 aromatic rings. The van der Waals surface area contributed by atoms with Crippen LogP contribution in [-0.2, 0) is 4.79 Å². The van der Waals surface area contributed by atoms with Crippen LogP contribution in [0.25, 0.3) is 0 Å². The second kappa shape index (κ2) is 10.00. The summed E-state index contributed by atoms with van der Waals surface area (Å²) in [5.41, 5.74) is 7.42. The van der Waals surface area contributed by atoms with Crippen LogP contribution in [-0.4, -0.2) is 56.7 Å². The van der Waals surface area contributed by atoms with E-state index in [1.807, 2.05) is 23.1 Å². The second-order valence-electron chi connectivity index (χ2n) is 6.94. The quantitative estimate of drug-likeness (QED) is 0.676. The molecule has 2 N–H and O–H groups in total. The normalized spacial score (nSPS) is 16.1. The molecule has 146 valence electrons. The molecule has 1 heterocycles. The van der Waals surface area contributed by atoms with Gasteiger partial charge in [-0.05, 0) is 24.5 Å². The van der Waals surface area contributed by atoms with Crippen molar-refractivity contribution in [1.82, 2.24) is 15.8 Å². The van der Waals surface area contributed by atoms with E-state index in [1.165, 1.54) is 0 Å². The fourth-order valence-corrected chi connectivity index (χ4v) is 3.36. The minimum atomic E-state index is 0.129. The number of hydrogen-bond acceptors (Lipinski definition) is 5. The van der Waals surface area contributed by atoms with E-state index < -0.39 is 0 Å². The van der Waals surface area contributed by atoms with Crippen LogP contribution in [0.5, 0.6) is 5.75 Å². The Hall–Kier alpha value is -1.50. The lowest BCUT2D eigenvalue weighted by Crippen LogP contribution is -2.53. The highest BCUT2D eigenvalue weighted by Gasteiger charge is 2.22. The number of hydrogen-bond donors (Lipinski definition) is 2. The highest BCUT2D eigenvalue weighted by molar-refractivity contribution is 6.32. The highest BCUT2D eigenvalue weighted by Crippen LogP contribution is 2.29. The van der Waals surface area contributed by atoms with Crippen molar-refractivity contribution in [3.8, 4) is 5.75 Å². The van der Waals surface area contributed by atoms with Crippen LogP contribution < -0.4 is 20.5 Å². The van der Waals surface area contributed by atoms with Gasteiger partial charge < -0.3 is 14.5 Å². The van der Waals surface area contributed by atoms with Crippen molar-refractivity contribution < 1.29 is 9.53 Å². The Morgan fingerprint density at radius 3 is 2.54 bits per heavy atom. The first-order valence-corrected chi connectivity index (χ1v) is 9.68. The molecule has 0 saturated carbocycles. The Labute approximate surface area is 161 Å². The first-order valence-electron chi connectivity index (χ1n) is 9.30. The fourth-order valence-electron chi connectivity index (χ4n) is 3.17. The maximum atomic E-state index is 12.4. The first-order chi connectivity index (χ1) is 12.5. The molecular weight excluding hydrogens is 352 g/mol. The zero-order valence-corrected chi connectivity index (χ0v) is 17.0. The summed E-state index contributed by atoms with van der Waals surface area (Å²) < 4.78 is 5.29. The molecular formula is C19H31ClN4O2. The average molecular weight is 383 g/mol. The SMILES string of the molecule is CCC(NNCC(=O)N1CCN(c2ccc(Cl)c(OC)c2)CC1)C(C)C. The molecule has 0 spiro atoms. The molecule has 1 atom stereocenters. The van der Waals surface area contributed by atoms with Gasteiger partial charge >= 0.3 is 0 Å². The summed E-state index contributed by atoms with van der Waals surface area (Å²) in [4.78, 5) is 16.6. The molecule has 1 aliphatic heterocycles. The van der Waals surface area contributed by atoms with Gasteiger partial charge in [0.25, 0.3) is 0 Å². The lowest BCUT2D eigenvalue weighted by Gasteiger charge is -2.36.